The highest BCUT2D eigenvalue weighted by atomic mass is 16.2. The van der Waals surface area contributed by atoms with Gasteiger partial charge in [-0.3, -0.25) is 4.79 Å². The lowest BCUT2D eigenvalue weighted by Crippen LogP contribution is -2.30. The average molecular weight is 204 g/mol. The lowest BCUT2D eigenvalue weighted by atomic mass is 10.0. The number of nitrogens with zero attached hydrogens (tertiary/aromatic N) is 2. The molecule has 15 heavy (non-hydrogen) atoms. The van der Waals surface area contributed by atoms with Crippen molar-refractivity contribution in [3.05, 3.63) is 12.5 Å². The Morgan fingerprint density at radius 3 is 3.27 bits per heavy atom. The first-order valence-corrected chi connectivity index (χ1v) is 5.22. The van der Waals surface area contributed by atoms with Crippen molar-refractivity contribution in [3.63, 3.8) is 0 Å². The predicted molar refractivity (Wildman–Crippen MR) is 55.4 cm³/mol. The maximum absolute atomic E-state index is 11.9. The molecule has 2 aliphatic rings. The molecule has 2 heterocycles. The molecule has 2 atom stereocenters. The minimum absolute atomic E-state index is 0.0826. The summed E-state index contributed by atoms with van der Waals surface area (Å²) in [6.45, 7) is 0. The summed E-state index contributed by atoms with van der Waals surface area (Å²) in [5, 5.41) is 6.18. The molecule has 5 nitrogen and oxygen atoms in total. The van der Waals surface area contributed by atoms with Gasteiger partial charge >= 0.3 is 0 Å². The van der Waals surface area contributed by atoms with Crippen LogP contribution in [0.5, 0.6) is 0 Å². The fraction of sp³-hybridized carbons (Fsp3) is 0.500. The zero-order valence-electron chi connectivity index (χ0n) is 8.23. The van der Waals surface area contributed by atoms with Gasteiger partial charge in [0.15, 0.2) is 5.82 Å². The van der Waals surface area contributed by atoms with Crippen molar-refractivity contribution in [2.75, 3.05) is 10.6 Å². The van der Waals surface area contributed by atoms with Crippen molar-refractivity contribution in [2.24, 2.45) is 5.92 Å². The van der Waals surface area contributed by atoms with Crippen molar-refractivity contribution in [2.45, 2.75) is 25.3 Å². The Balaban J connectivity index is 2.00. The molecule has 2 unspecified atom stereocenters. The molecule has 1 aliphatic carbocycles. The van der Waals surface area contributed by atoms with Gasteiger partial charge in [0.05, 0.1) is 12.1 Å². The summed E-state index contributed by atoms with van der Waals surface area (Å²) in [6, 6.07) is 0.237. The van der Waals surface area contributed by atoms with Crippen molar-refractivity contribution in [3.8, 4) is 0 Å². The second-order valence-corrected chi connectivity index (χ2v) is 4.06. The largest absolute Gasteiger partial charge is 0.365 e. The molecule has 0 bridgehead atoms. The van der Waals surface area contributed by atoms with Gasteiger partial charge < -0.3 is 10.6 Å². The first kappa shape index (κ1) is 8.64. The molecule has 0 spiro atoms. The average Bonchev–Trinajstić information content (AvgIpc) is 2.64. The van der Waals surface area contributed by atoms with Crippen molar-refractivity contribution >= 4 is 17.4 Å². The van der Waals surface area contributed by atoms with Gasteiger partial charge in [-0.15, -0.1) is 0 Å². The highest BCUT2D eigenvalue weighted by Gasteiger charge is 2.36. The molecular weight excluding hydrogens is 192 g/mol. The molecule has 0 radical (unpaired) electrons. The Kier molecular flexibility index (Phi) is 1.83. The highest BCUT2D eigenvalue weighted by Crippen LogP contribution is 2.33. The Labute approximate surface area is 87.3 Å². The summed E-state index contributed by atoms with van der Waals surface area (Å²) in [7, 11) is 0. The van der Waals surface area contributed by atoms with Crippen LogP contribution in [-0.4, -0.2) is 21.9 Å². The summed E-state index contributed by atoms with van der Waals surface area (Å²) in [5.74, 6) is 0.922. The highest BCUT2D eigenvalue weighted by molar-refractivity contribution is 5.97. The van der Waals surface area contributed by atoms with E-state index < -0.39 is 0 Å². The van der Waals surface area contributed by atoms with Crippen LogP contribution < -0.4 is 10.6 Å². The summed E-state index contributed by atoms with van der Waals surface area (Å²) in [5.41, 5.74) is 0.692. The van der Waals surface area contributed by atoms with E-state index in [9.17, 15) is 4.79 Å². The molecule has 1 aliphatic heterocycles. The molecule has 3 rings (SSSR count). The summed E-state index contributed by atoms with van der Waals surface area (Å²) >= 11 is 0. The fourth-order valence-corrected chi connectivity index (χ4v) is 2.38. The summed E-state index contributed by atoms with van der Waals surface area (Å²) < 4.78 is 0. The topological polar surface area (TPSA) is 66.9 Å². The summed E-state index contributed by atoms with van der Waals surface area (Å²) in [4.78, 5) is 19.9. The van der Waals surface area contributed by atoms with E-state index in [0.717, 1.165) is 25.1 Å². The van der Waals surface area contributed by atoms with Gasteiger partial charge in [-0.05, 0) is 12.8 Å². The van der Waals surface area contributed by atoms with Crippen LogP contribution in [0.15, 0.2) is 12.5 Å². The number of fused-ring (bicyclic) bond motifs is 2. The SMILES string of the molecule is O=C1Nc2cncnc2NC2CCCC12. The molecule has 0 aromatic carbocycles. The lowest BCUT2D eigenvalue weighted by molar-refractivity contribution is -0.119. The number of hydrogen-bond acceptors (Lipinski definition) is 4. The second-order valence-electron chi connectivity index (χ2n) is 4.06. The molecule has 0 saturated heterocycles. The standard InChI is InChI=1S/C10H12N4O/c15-10-6-2-1-3-7(6)13-9-8(14-10)4-11-5-12-9/h4-7H,1-3H2,(H,14,15)(H,11,12,13). The molecule has 1 amide bonds. The third kappa shape index (κ3) is 1.35. The van der Waals surface area contributed by atoms with Crippen molar-refractivity contribution in [1.29, 1.82) is 0 Å². The van der Waals surface area contributed by atoms with Crippen LogP contribution >= 0.6 is 0 Å². The van der Waals surface area contributed by atoms with Crippen LogP contribution in [0.1, 0.15) is 19.3 Å². The van der Waals surface area contributed by atoms with E-state index in [0.29, 0.717) is 5.69 Å². The molecule has 1 aromatic rings. The predicted octanol–water partition coefficient (Wildman–Crippen LogP) is 1.01. The fourth-order valence-electron chi connectivity index (χ4n) is 2.38. The second kappa shape index (κ2) is 3.18. The number of hydrogen-bond donors (Lipinski definition) is 2. The van der Waals surface area contributed by atoms with Gasteiger partial charge in [-0.1, -0.05) is 6.42 Å². The lowest BCUT2D eigenvalue weighted by Gasteiger charge is -2.15. The Hall–Kier alpha value is -1.65. The number of nitrogens with one attached hydrogen (secondary N) is 2. The number of aromatic nitrogens is 2. The number of rotatable bonds is 0. The first-order chi connectivity index (χ1) is 7.34. The van der Waals surface area contributed by atoms with Crippen LogP contribution in [0.2, 0.25) is 0 Å². The summed E-state index contributed by atoms with van der Waals surface area (Å²) in [6.07, 6.45) is 6.24. The monoisotopic (exact) mass is 204 g/mol. The van der Waals surface area contributed by atoms with Crippen LogP contribution in [0, 0.1) is 5.92 Å². The van der Waals surface area contributed by atoms with E-state index in [-0.39, 0.29) is 17.9 Å². The molecule has 1 fully saturated rings. The van der Waals surface area contributed by atoms with Gasteiger partial charge in [0.2, 0.25) is 5.91 Å². The van der Waals surface area contributed by atoms with Gasteiger partial charge in [-0.25, -0.2) is 9.97 Å². The Morgan fingerprint density at radius 2 is 2.33 bits per heavy atom. The number of carbonyl (C=O) groups excluding carboxylic acids is 1. The maximum atomic E-state index is 11.9. The third-order valence-electron chi connectivity index (χ3n) is 3.14. The molecule has 5 heteroatoms. The smallest absolute Gasteiger partial charge is 0.229 e. The van der Waals surface area contributed by atoms with Crippen molar-refractivity contribution < 1.29 is 4.79 Å². The van der Waals surface area contributed by atoms with E-state index >= 15 is 0 Å². The molecule has 2 N–H and O–H groups in total. The van der Waals surface area contributed by atoms with E-state index in [4.69, 9.17) is 0 Å². The van der Waals surface area contributed by atoms with Crippen LogP contribution in [0.3, 0.4) is 0 Å². The number of carbonyl (C=O) groups is 1. The zero-order valence-corrected chi connectivity index (χ0v) is 8.23. The molecule has 78 valence electrons. The van der Waals surface area contributed by atoms with Gasteiger partial charge in [0.25, 0.3) is 0 Å². The Bertz CT molecular complexity index is 406. The van der Waals surface area contributed by atoms with Crippen molar-refractivity contribution in [1.82, 2.24) is 9.97 Å². The maximum Gasteiger partial charge on any atom is 0.229 e. The molecule has 1 saturated carbocycles. The van der Waals surface area contributed by atoms with E-state index in [2.05, 4.69) is 20.6 Å². The number of anilines is 2. The first-order valence-electron chi connectivity index (χ1n) is 5.22. The normalized spacial score (nSPS) is 28.4. The van der Waals surface area contributed by atoms with Gasteiger partial charge in [0, 0.05) is 6.04 Å². The van der Waals surface area contributed by atoms with Crippen LogP contribution in [-0.2, 0) is 4.79 Å². The van der Waals surface area contributed by atoms with Crippen LogP contribution in [0.4, 0.5) is 11.5 Å². The zero-order chi connectivity index (χ0) is 10.3. The quantitative estimate of drug-likeness (QED) is 0.661. The van der Waals surface area contributed by atoms with E-state index in [1.165, 1.54) is 6.33 Å². The number of amides is 1. The van der Waals surface area contributed by atoms with Crippen LogP contribution in [0.25, 0.3) is 0 Å². The van der Waals surface area contributed by atoms with Gasteiger partial charge in [0.1, 0.15) is 12.0 Å². The third-order valence-corrected chi connectivity index (χ3v) is 3.14. The minimum Gasteiger partial charge on any atom is -0.365 e. The minimum atomic E-state index is 0.0826. The van der Waals surface area contributed by atoms with Gasteiger partial charge in [-0.2, -0.15) is 0 Å². The molecule has 1 aromatic heterocycles. The molecular formula is C10H12N4O. The Morgan fingerprint density at radius 1 is 1.40 bits per heavy atom. The van der Waals surface area contributed by atoms with E-state index in [1.807, 2.05) is 0 Å². The van der Waals surface area contributed by atoms with E-state index in [1.54, 1.807) is 6.20 Å².